The Morgan fingerprint density at radius 3 is 0.723 bits per heavy atom. The van der Waals surface area contributed by atoms with Crippen molar-refractivity contribution in [3.05, 3.63) is 0 Å². The van der Waals surface area contributed by atoms with Crippen molar-refractivity contribution in [2.75, 3.05) is 39.6 Å². The number of aliphatic hydroxyl groups excluding tert-OH is 1. The zero-order valence-corrected chi connectivity index (χ0v) is 62.9. The summed E-state index contributed by atoms with van der Waals surface area (Å²) in [6.45, 7) is 7.25. The number of carbonyl (C=O) groups is 4. The third kappa shape index (κ3) is 68.6. The van der Waals surface area contributed by atoms with Crippen LogP contribution < -0.4 is 0 Å². The van der Waals surface area contributed by atoms with Gasteiger partial charge in [0.1, 0.15) is 19.3 Å². The van der Waals surface area contributed by atoms with Gasteiger partial charge in [-0.1, -0.05) is 343 Å². The van der Waals surface area contributed by atoms with Crippen LogP contribution in [0, 0.1) is 5.92 Å². The second kappa shape index (κ2) is 68.2. The average molecular weight is 1380 g/mol. The zero-order chi connectivity index (χ0) is 69.1. The highest BCUT2D eigenvalue weighted by molar-refractivity contribution is 7.47. The maximum atomic E-state index is 13.1. The number of aliphatic hydroxyl groups is 1. The zero-order valence-electron chi connectivity index (χ0n) is 61.1. The van der Waals surface area contributed by atoms with Gasteiger partial charge in [0.05, 0.1) is 26.4 Å². The number of carbonyl (C=O) groups excluding carboxylic acids is 4. The van der Waals surface area contributed by atoms with Crippen molar-refractivity contribution in [3.63, 3.8) is 0 Å². The fraction of sp³-hybridized carbons (Fsp3) is 0.947. The number of ether oxygens (including phenoxy) is 4. The molecule has 17 nitrogen and oxygen atoms in total. The van der Waals surface area contributed by atoms with E-state index in [2.05, 4.69) is 34.6 Å². The first-order chi connectivity index (χ1) is 45.5. The van der Waals surface area contributed by atoms with Crippen molar-refractivity contribution in [2.24, 2.45) is 5.92 Å². The summed E-state index contributed by atoms with van der Waals surface area (Å²) in [5.41, 5.74) is 0. The second-order valence-electron chi connectivity index (χ2n) is 27.5. The summed E-state index contributed by atoms with van der Waals surface area (Å²) in [7, 11) is -9.90. The van der Waals surface area contributed by atoms with Gasteiger partial charge in [0.15, 0.2) is 12.2 Å². The van der Waals surface area contributed by atoms with Crippen LogP contribution in [0.25, 0.3) is 0 Å². The number of phosphoric ester groups is 2. The molecule has 19 heteroatoms. The van der Waals surface area contributed by atoms with E-state index in [1.165, 1.54) is 212 Å². The van der Waals surface area contributed by atoms with E-state index in [1.54, 1.807) is 0 Å². The summed E-state index contributed by atoms with van der Waals surface area (Å²) in [5, 5.41) is 10.6. The van der Waals surface area contributed by atoms with Gasteiger partial charge in [-0.25, -0.2) is 9.13 Å². The minimum atomic E-state index is -4.96. The van der Waals surface area contributed by atoms with Crippen molar-refractivity contribution in [2.45, 2.75) is 412 Å². The van der Waals surface area contributed by atoms with E-state index in [-0.39, 0.29) is 25.7 Å². The minimum Gasteiger partial charge on any atom is -0.462 e. The number of rotatable bonds is 75. The first kappa shape index (κ1) is 92.1. The highest BCUT2D eigenvalue weighted by Crippen LogP contribution is 2.45. The van der Waals surface area contributed by atoms with Crippen LogP contribution in [-0.4, -0.2) is 96.7 Å². The Hall–Kier alpha value is -1.94. The summed E-state index contributed by atoms with van der Waals surface area (Å²) in [5.74, 6) is -1.36. The van der Waals surface area contributed by atoms with Crippen molar-refractivity contribution >= 4 is 39.5 Å². The van der Waals surface area contributed by atoms with E-state index in [9.17, 15) is 43.2 Å². The summed E-state index contributed by atoms with van der Waals surface area (Å²) in [6.07, 6.45) is 56.9. The van der Waals surface area contributed by atoms with Gasteiger partial charge in [-0.15, -0.1) is 0 Å². The predicted molar refractivity (Wildman–Crippen MR) is 382 cm³/mol. The SMILES string of the molecule is CCCCCCCCCCCCCCCCCCCCC(=O)O[C@H](COC(=O)CCCCCCCCCCCCCCCCC)COP(=O)(O)OC[C@@H](O)COP(=O)(O)OC[C@@H](COC(=O)CCCCCCCCCC)OC(=O)CCCCCCCCCCCCC(C)C. The first-order valence-electron chi connectivity index (χ1n) is 39.1. The molecular formula is C75H146O17P2. The molecule has 0 spiro atoms. The molecule has 0 rings (SSSR count). The van der Waals surface area contributed by atoms with Crippen LogP contribution in [0.15, 0.2) is 0 Å². The molecule has 3 N–H and O–H groups in total. The number of esters is 4. The normalized spacial score (nSPS) is 14.0. The van der Waals surface area contributed by atoms with Gasteiger partial charge in [0.2, 0.25) is 0 Å². The minimum absolute atomic E-state index is 0.106. The summed E-state index contributed by atoms with van der Waals surface area (Å²) in [4.78, 5) is 72.7. The topological polar surface area (TPSA) is 237 Å². The van der Waals surface area contributed by atoms with Gasteiger partial charge in [-0.2, -0.15) is 0 Å². The summed E-state index contributed by atoms with van der Waals surface area (Å²) >= 11 is 0. The second-order valence-corrected chi connectivity index (χ2v) is 30.4. The lowest BCUT2D eigenvalue weighted by Gasteiger charge is -2.21. The maximum Gasteiger partial charge on any atom is 0.472 e. The largest absolute Gasteiger partial charge is 0.472 e. The van der Waals surface area contributed by atoms with E-state index < -0.39 is 97.5 Å². The molecule has 0 saturated carbocycles. The van der Waals surface area contributed by atoms with Gasteiger partial charge in [0.25, 0.3) is 0 Å². The van der Waals surface area contributed by atoms with Crippen molar-refractivity contribution in [1.29, 1.82) is 0 Å². The molecule has 2 unspecified atom stereocenters. The predicted octanol–water partition coefficient (Wildman–Crippen LogP) is 22.1. The van der Waals surface area contributed by atoms with Crippen molar-refractivity contribution in [1.82, 2.24) is 0 Å². The third-order valence-electron chi connectivity index (χ3n) is 17.5. The Labute approximate surface area is 575 Å². The maximum absolute atomic E-state index is 13.1. The fourth-order valence-corrected chi connectivity index (χ4v) is 13.1. The first-order valence-corrected chi connectivity index (χ1v) is 42.1. The van der Waals surface area contributed by atoms with Gasteiger partial charge in [-0.05, 0) is 31.6 Å². The lowest BCUT2D eigenvalue weighted by molar-refractivity contribution is -0.161. The number of phosphoric acid groups is 2. The highest BCUT2D eigenvalue weighted by Gasteiger charge is 2.30. The molecule has 0 heterocycles. The average Bonchev–Trinajstić information content (AvgIpc) is 1.81. The molecule has 0 aromatic carbocycles. The molecule has 0 aromatic heterocycles. The molecule has 0 aromatic rings. The van der Waals surface area contributed by atoms with Crippen LogP contribution in [0.1, 0.15) is 394 Å². The fourth-order valence-electron chi connectivity index (χ4n) is 11.5. The monoisotopic (exact) mass is 1380 g/mol. The lowest BCUT2D eigenvalue weighted by Crippen LogP contribution is -2.30. The van der Waals surface area contributed by atoms with Crippen molar-refractivity contribution < 1.29 is 80.2 Å². The van der Waals surface area contributed by atoms with E-state index >= 15 is 0 Å². The molecule has 5 atom stereocenters. The Morgan fingerprint density at radius 2 is 0.489 bits per heavy atom. The van der Waals surface area contributed by atoms with Gasteiger partial charge >= 0.3 is 39.5 Å². The van der Waals surface area contributed by atoms with Crippen LogP contribution in [0.3, 0.4) is 0 Å². The van der Waals surface area contributed by atoms with Crippen LogP contribution in [-0.2, 0) is 65.4 Å². The van der Waals surface area contributed by atoms with Crippen LogP contribution >= 0.6 is 15.6 Å². The third-order valence-corrected chi connectivity index (χ3v) is 19.4. The van der Waals surface area contributed by atoms with Crippen LogP contribution in [0.4, 0.5) is 0 Å². The molecule has 0 aliphatic carbocycles. The summed E-state index contributed by atoms with van der Waals surface area (Å²) in [6, 6.07) is 0. The van der Waals surface area contributed by atoms with Gasteiger partial charge in [0, 0.05) is 25.7 Å². The molecule has 0 amide bonds. The van der Waals surface area contributed by atoms with E-state index in [0.29, 0.717) is 25.7 Å². The van der Waals surface area contributed by atoms with Gasteiger partial charge < -0.3 is 33.8 Å². The van der Waals surface area contributed by atoms with Gasteiger partial charge in [-0.3, -0.25) is 37.3 Å². The molecule has 0 bridgehead atoms. The molecule has 0 aliphatic heterocycles. The van der Waals surface area contributed by atoms with E-state index in [0.717, 1.165) is 102 Å². The number of hydrogen-bond donors (Lipinski definition) is 3. The molecule has 0 radical (unpaired) electrons. The Kier molecular flexibility index (Phi) is 66.8. The molecule has 0 aliphatic rings. The highest BCUT2D eigenvalue weighted by atomic mass is 31.2. The van der Waals surface area contributed by atoms with Crippen molar-refractivity contribution in [3.8, 4) is 0 Å². The van der Waals surface area contributed by atoms with Crippen LogP contribution in [0.2, 0.25) is 0 Å². The summed E-state index contributed by atoms with van der Waals surface area (Å²) < 4.78 is 68.4. The van der Waals surface area contributed by atoms with E-state index in [1.807, 2.05) is 0 Å². The molecule has 0 saturated heterocycles. The molecular weight excluding hydrogens is 1230 g/mol. The molecule has 558 valence electrons. The molecule has 94 heavy (non-hydrogen) atoms. The Bertz CT molecular complexity index is 1810. The smallest absolute Gasteiger partial charge is 0.462 e. The van der Waals surface area contributed by atoms with Crippen LogP contribution in [0.5, 0.6) is 0 Å². The quantitative estimate of drug-likeness (QED) is 0.0222. The standard InChI is InChI=1S/C75H146O17P2/c1-6-9-12-15-18-21-23-25-27-28-29-31-33-35-40-45-50-55-60-74(79)92-71(65-86-73(78)59-54-49-44-39-34-32-30-26-24-22-19-16-13-10-7-2)67-90-94(83,84)88-63-69(76)62-87-93(81,82)89-66-70(64-85-72(77)58-53-48-43-20-17-14-11-8-3)91-75(80)61-56-51-46-41-37-36-38-42-47-52-57-68(4)5/h68-71,76H,6-67H2,1-5H3,(H,81,82)(H,83,84)/t69-,70+,71+/m0/s1. The Morgan fingerprint density at radius 1 is 0.287 bits per heavy atom. The van der Waals surface area contributed by atoms with E-state index in [4.69, 9.17) is 37.0 Å². The number of hydrogen-bond acceptors (Lipinski definition) is 15. The number of unbranched alkanes of at least 4 members (excludes halogenated alkanes) is 47. The Balaban J connectivity index is 5.21. The lowest BCUT2D eigenvalue weighted by atomic mass is 10.0. The molecule has 0 fully saturated rings.